The standard InChI is InChI=1S/C19H16N4OS/c1-13(24)15-8-5-9-16(10-15)17-12-21-19-23(17)22-18(25-19)20-11-14-6-3-2-4-7-14/h2-10,12H,11H2,1H3,(H,20,22). The molecule has 2 aromatic heterocycles. The number of aromatic nitrogens is 3. The Morgan fingerprint density at radius 2 is 2.00 bits per heavy atom. The van der Waals surface area contributed by atoms with Gasteiger partial charge in [0.15, 0.2) is 5.78 Å². The van der Waals surface area contributed by atoms with Crippen molar-refractivity contribution in [3.8, 4) is 11.3 Å². The summed E-state index contributed by atoms with van der Waals surface area (Å²) >= 11 is 1.51. The fourth-order valence-electron chi connectivity index (χ4n) is 2.63. The third kappa shape index (κ3) is 3.16. The molecule has 25 heavy (non-hydrogen) atoms. The zero-order valence-electron chi connectivity index (χ0n) is 13.6. The predicted octanol–water partition coefficient (Wildman–Crippen LogP) is 4.27. The van der Waals surface area contributed by atoms with Crippen molar-refractivity contribution in [1.82, 2.24) is 14.6 Å². The second-order valence-electron chi connectivity index (χ2n) is 5.72. The van der Waals surface area contributed by atoms with E-state index in [1.807, 2.05) is 47.0 Å². The number of Topliss-reactive ketones (excluding diaryl/α,β-unsaturated/α-hetero) is 1. The molecule has 0 spiro atoms. The van der Waals surface area contributed by atoms with Gasteiger partial charge in [-0.05, 0) is 18.6 Å². The monoisotopic (exact) mass is 348 g/mol. The molecule has 2 aromatic carbocycles. The van der Waals surface area contributed by atoms with Crippen molar-refractivity contribution in [1.29, 1.82) is 0 Å². The van der Waals surface area contributed by atoms with E-state index in [-0.39, 0.29) is 5.78 Å². The molecule has 0 amide bonds. The van der Waals surface area contributed by atoms with Gasteiger partial charge in [0.1, 0.15) is 0 Å². The molecule has 0 saturated heterocycles. The van der Waals surface area contributed by atoms with E-state index in [1.165, 1.54) is 16.9 Å². The highest BCUT2D eigenvalue weighted by Crippen LogP contribution is 2.26. The summed E-state index contributed by atoms with van der Waals surface area (Å²) in [5.41, 5.74) is 3.69. The zero-order valence-corrected chi connectivity index (χ0v) is 14.5. The normalized spacial score (nSPS) is 10.9. The summed E-state index contributed by atoms with van der Waals surface area (Å²) in [6.07, 6.45) is 1.79. The first kappa shape index (κ1) is 15.5. The summed E-state index contributed by atoms with van der Waals surface area (Å²) in [5.74, 6) is 0.0473. The molecule has 4 aromatic rings. The van der Waals surface area contributed by atoms with Gasteiger partial charge in [0.25, 0.3) is 0 Å². The van der Waals surface area contributed by atoms with Crippen LogP contribution in [-0.2, 0) is 6.54 Å². The molecule has 0 aliphatic rings. The van der Waals surface area contributed by atoms with Crippen LogP contribution in [0.3, 0.4) is 0 Å². The molecule has 0 bridgehead atoms. The minimum absolute atomic E-state index is 0.0473. The number of rotatable bonds is 5. The molecule has 0 fully saturated rings. The lowest BCUT2D eigenvalue weighted by Crippen LogP contribution is -1.99. The third-order valence-electron chi connectivity index (χ3n) is 3.94. The number of nitrogens with zero attached hydrogens (tertiary/aromatic N) is 3. The highest BCUT2D eigenvalue weighted by Gasteiger charge is 2.12. The summed E-state index contributed by atoms with van der Waals surface area (Å²) in [7, 11) is 0. The van der Waals surface area contributed by atoms with Crippen LogP contribution in [0.2, 0.25) is 0 Å². The van der Waals surface area contributed by atoms with E-state index in [0.29, 0.717) is 12.1 Å². The fourth-order valence-corrected chi connectivity index (χ4v) is 3.40. The maximum absolute atomic E-state index is 11.6. The summed E-state index contributed by atoms with van der Waals surface area (Å²) in [4.78, 5) is 16.9. The van der Waals surface area contributed by atoms with Crippen molar-refractivity contribution < 1.29 is 4.79 Å². The van der Waals surface area contributed by atoms with Crippen molar-refractivity contribution in [3.05, 3.63) is 71.9 Å². The average Bonchev–Trinajstić information content (AvgIpc) is 3.21. The van der Waals surface area contributed by atoms with Crippen molar-refractivity contribution >= 4 is 27.2 Å². The molecule has 1 N–H and O–H groups in total. The molecule has 0 aliphatic carbocycles. The van der Waals surface area contributed by atoms with Gasteiger partial charge in [0.2, 0.25) is 10.1 Å². The van der Waals surface area contributed by atoms with E-state index < -0.39 is 0 Å². The van der Waals surface area contributed by atoms with Gasteiger partial charge in [-0.1, -0.05) is 59.9 Å². The number of anilines is 1. The minimum Gasteiger partial charge on any atom is -0.356 e. The molecule has 0 aliphatic heterocycles. The Bertz CT molecular complexity index is 1040. The lowest BCUT2D eigenvalue weighted by atomic mass is 10.1. The maximum atomic E-state index is 11.6. The average molecular weight is 348 g/mol. The van der Waals surface area contributed by atoms with E-state index >= 15 is 0 Å². The first-order valence-corrected chi connectivity index (χ1v) is 8.76. The minimum atomic E-state index is 0.0473. The van der Waals surface area contributed by atoms with Crippen LogP contribution in [0.25, 0.3) is 16.2 Å². The maximum Gasteiger partial charge on any atom is 0.214 e. The van der Waals surface area contributed by atoms with Gasteiger partial charge in [-0.3, -0.25) is 4.79 Å². The number of nitrogens with one attached hydrogen (secondary N) is 1. The highest BCUT2D eigenvalue weighted by molar-refractivity contribution is 7.20. The van der Waals surface area contributed by atoms with Gasteiger partial charge in [-0.2, -0.15) is 0 Å². The molecular weight excluding hydrogens is 332 g/mol. The number of carbonyl (C=O) groups excluding carboxylic acids is 1. The van der Waals surface area contributed by atoms with E-state index in [4.69, 9.17) is 0 Å². The van der Waals surface area contributed by atoms with Crippen molar-refractivity contribution in [2.45, 2.75) is 13.5 Å². The summed E-state index contributed by atoms with van der Waals surface area (Å²) in [5, 5.41) is 8.77. The Balaban J connectivity index is 1.62. The number of benzene rings is 2. The summed E-state index contributed by atoms with van der Waals surface area (Å²) in [6.45, 7) is 2.28. The van der Waals surface area contributed by atoms with E-state index in [9.17, 15) is 4.79 Å². The number of fused-ring (bicyclic) bond motifs is 1. The zero-order chi connectivity index (χ0) is 17.2. The van der Waals surface area contributed by atoms with Gasteiger partial charge in [-0.25, -0.2) is 9.50 Å². The van der Waals surface area contributed by atoms with Gasteiger partial charge in [0.05, 0.1) is 11.9 Å². The van der Waals surface area contributed by atoms with Crippen LogP contribution in [0.1, 0.15) is 22.8 Å². The Kier molecular flexibility index (Phi) is 4.03. The molecular formula is C19H16N4OS. The summed E-state index contributed by atoms with van der Waals surface area (Å²) < 4.78 is 1.82. The predicted molar refractivity (Wildman–Crippen MR) is 100 cm³/mol. The van der Waals surface area contributed by atoms with Crippen LogP contribution in [0.15, 0.2) is 60.8 Å². The molecule has 0 atom stereocenters. The van der Waals surface area contributed by atoms with E-state index in [2.05, 4.69) is 27.5 Å². The Morgan fingerprint density at radius 3 is 2.80 bits per heavy atom. The molecule has 2 heterocycles. The molecule has 0 unspecified atom stereocenters. The van der Waals surface area contributed by atoms with Gasteiger partial charge >= 0.3 is 0 Å². The largest absolute Gasteiger partial charge is 0.356 e. The van der Waals surface area contributed by atoms with Crippen LogP contribution >= 0.6 is 11.3 Å². The molecule has 6 heteroatoms. The lowest BCUT2D eigenvalue weighted by molar-refractivity contribution is 0.101. The Morgan fingerprint density at radius 1 is 1.16 bits per heavy atom. The number of imidazole rings is 1. The first-order chi connectivity index (χ1) is 12.2. The van der Waals surface area contributed by atoms with Gasteiger partial charge in [-0.15, -0.1) is 5.10 Å². The molecule has 0 saturated carbocycles. The van der Waals surface area contributed by atoms with Crippen LogP contribution in [0.4, 0.5) is 5.13 Å². The molecule has 5 nitrogen and oxygen atoms in total. The first-order valence-electron chi connectivity index (χ1n) is 7.94. The number of hydrogen-bond acceptors (Lipinski definition) is 5. The quantitative estimate of drug-likeness (QED) is 0.547. The molecule has 124 valence electrons. The second-order valence-corrected chi connectivity index (χ2v) is 6.68. The van der Waals surface area contributed by atoms with E-state index in [0.717, 1.165) is 21.3 Å². The Labute approximate surface area is 149 Å². The number of carbonyl (C=O) groups is 1. The van der Waals surface area contributed by atoms with Crippen molar-refractivity contribution in [2.24, 2.45) is 0 Å². The van der Waals surface area contributed by atoms with Gasteiger partial charge in [0, 0.05) is 17.7 Å². The molecule has 0 radical (unpaired) electrons. The van der Waals surface area contributed by atoms with Crippen LogP contribution in [0, 0.1) is 0 Å². The third-order valence-corrected chi connectivity index (χ3v) is 4.82. The van der Waals surface area contributed by atoms with Crippen molar-refractivity contribution in [3.63, 3.8) is 0 Å². The lowest BCUT2D eigenvalue weighted by Gasteiger charge is -2.02. The smallest absolute Gasteiger partial charge is 0.214 e. The van der Waals surface area contributed by atoms with Crippen LogP contribution < -0.4 is 5.32 Å². The Hall–Kier alpha value is -2.99. The second kappa shape index (κ2) is 6.49. The molecule has 4 rings (SSSR count). The topological polar surface area (TPSA) is 59.3 Å². The van der Waals surface area contributed by atoms with E-state index in [1.54, 1.807) is 13.1 Å². The SMILES string of the molecule is CC(=O)c1cccc(-c2cnc3sc(NCc4ccccc4)nn23)c1. The number of ketones is 1. The van der Waals surface area contributed by atoms with Gasteiger partial charge < -0.3 is 5.32 Å². The van der Waals surface area contributed by atoms with Crippen LogP contribution in [0.5, 0.6) is 0 Å². The van der Waals surface area contributed by atoms with Crippen molar-refractivity contribution in [2.75, 3.05) is 5.32 Å². The van der Waals surface area contributed by atoms with Crippen LogP contribution in [-0.4, -0.2) is 20.4 Å². The fraction of sp³-hybridized carbons (Fsp3) is 0.105. The highest BCUT2D eigenvalue weighted by atomic mass is 32.1. The summed E-state index contributed by atoms with van der Waals surface area (Å²) in [6, 6.07) is 17.7. The number of hydrogen-bond donors (Lipinski definition) is 1.